The van der Waals surface area contributed by atoms with Crippen LogP contribution in [0.5, 0.6) is 0 Å². The number of nitrogens with zero attached hydrogens (tertiary/aromatic N) is 2. The van der Waals surface area contributed by atoms with Crippen LogP contribution in [0.4, 0.5) is 0 Å². The molecule has 88 valence electrons. The van der Waals surface area contributed by atoms with Crippen molar-refractivity contribution in [3.63, 3.8) is 0 Å². The van der Waals surface area contributed by atoms with Crippen LogP contribution in [0, 0.1) is 0 Å². The molecule has 0 aliphatic carbocycles. The molecule has 1 aliphatic heterocycles. The lowest BCUT2D eigenvalue weighted by molar-refractivity contribution is 0.183. The first-order chi connectivity index (χ1) is 7.15. The molecule has 0 aromatic heterocycles. The Morgan fingerprint density at radius 1 is 1.53 bits per heavy atom. The summed E-state index contributed by atoms with van der Waals surface area (Å²) in [4.78, 5) is 4.60. The van der Waals surface area contributed by atoms with Crippen molar-refractivity contribution in [2.75, 3.05) is 33.7 Å². The average molecular weight is 229 g/mol. The number of hydrogen-bond donors (Lipinski definition) is 1. The molecule has 1 rings (SSSR count). The van der Waals surface area contributed by atoms with Gasteiger partial charge in [-0.2, -0.15) is 0 Å². The van der Waals surface area contributed by atoms with E-state index in [4.69, 9.17) is 12.2 Å². The van der Waals surface area contributed by atoms with Gasteiger partial charge in [-0.05, 0) is 45.6 Å². The number of nitrogens with one attached hydrogen (secondary N) is 1. The minimum Gasteiger partial charge on any atom is -0.363 e. The van der Waals surface area contributed by atoms with E-state index >= 15 is 0 Å². The first-order valence-electron chi connectivity index (χ1n) is 5.84. The fraction of sp³-hybridized carbons (Fsp3) is 0.909. The molecular weight excluding hydrogens is 206 g/mol. The third-order valence-electron chi connectivity index (χ3n) is 2.94. The van der Waals surface area contributed by atoms with E-state index < -0.39 is 0 Å². The molecule has 4 heteroatoms. The van der Waals surface area contributed by atoms with Gasteiger partial charge in [-0.1, -0.05) is 6.92 Å². The van der Waals surface area contributed by atoms with Gasteiger partial charge in [0, 0.05) is 25.7 Å². The van der Waals surface area contributed by atoms with Gasteiger partial charge < -0.3 is 15.1 Å². The van der Waals surface area contributed by atoms with Gasteiger partial charge in [-0.15, -0.1) is 0 Å². The van der Waals surface area contributed by atoms with Crippen LogP contribution in [0.25, 0.3) is 0 Å². The number of thiocarbonyl (C=S) groups is 1. The van der Waals surface area contributed by atoms with Crippen LogP contribution in [-0.4, -0.2) is 54.7 Å². The predicted octanol–water partition coefficient (Wildman–Crippen LogP) is 1.30. The molecular formula is C11H23N3S. The largest absolute Gasteiger partial charge is 0.363 e. The third-order valence-corrected chi connectivity index (χ3v) is 3.34. The van der Waals surface area contributed by atoms with Crippen LogP contribution >= 0.6 is 12.2 Å². The molecule has 15 heavy (non-hydrogen) atoms. The summed E-state index contributed by atoms with van der Waals surface area (Å²) in [5.74, 6) is 0. The lowest BCUT2D eigenvalue weighted by Crippen LogP contribution is -2.50. The van der Waals surface area contributed by atoms with E-state index in [1.165, 1.54) is 12.8 Å². The highest BCUT2D eigenvalue weighted by Gasteiger charge is 2.22. The number of piperidine rings is 1. The fourth-order valence-corrected chi connectivity index (χ4v) is 2.17. The van der Waals surface area contributed by atoms with Crippen LogP contribution in [0.3, 0.4) is 0 Å². The Bertz CT molecular complexity index is 206. The zero-order chi connectivity index (χ0) is 11.3. The Morgan fingerprint density at radius 2 is 2.27 bits per heavy atom. The average Bonchev–Trinajstić information content (AvgIpc) is 2.26. The Labute approximate surface area is 98.8 Å². The highest BCUT2D eigenvalue weighted by atomic mass is 32.1. The molecule has 1 unspecified atom stereocenters. The number of hydrogen-bond acceptors (Lipinski definition) is 2. The molecule has 0 spiro atoms. The van der Waals surface area contributed by atoms with Gasteiger partial charge in [0.25, 0.3) is 0 Å². The van der Waals surface area contributed by atoms with Crippen molar-refractivity contribution in [2.45, 2.75) is 32.2 Å². The van der Waals surface area contributed by atoms with Gasteiger partial charge in [0.2, 0.25) is 0 Å². The lowest BCUT2D eigenvalue weighted by atomic mass is 10.1. The molecule has 0 saturated carbocycles. The summed E-state index contributed by atoms with van der Waals surface area (Å²) in [6, 6.07) is 0.653. The normalized spacial score (nSPS) is 21.9. The predicted molar refractivity (Wildman–Crippen MR) is 69.2 cm³/mol. The Hall–Kier alpha value is -0.350. The van der Waals surface area contributed by atoms with Crippen molar-refractivity contribution < 1.29 is 0 Å². The van der Waals surface area contributed by atoms with Gasteiger partial charge in [0.05, 0.1) is 0 Å². The van der Waals surface area contributed by atoms with E-state index in [1.807, 2.05) is 0 Å². The van der Waals surface area contributed by atoms with Gasteiger partial charge in [0.1, 0.15) is 0 Å². The monoisotopic (exact) mass is 229 g/mol. The van der Waals surface area contributed by atoms with Crippen molar-refractivity contribution in [3.05, 3.63) is 0 Å². The highest BCUT2D eigenvalue weighted by Crippen LogP contribution is 2.13. The highest BCUT2D eigenvalue weighted by molar-refractivity contribution is 7.80. The van der Waals surface area contributed by atoms with Crippen LogP contribution in [0.2, 0.25) is 0 Å². The van der Waals surface area contributed by atoms with Gasteiger partial charge in [-0.25, -0.2) is 0 Å². The minimum atomic E-state index is 0.653. The maximum Gasteiger partial charge on any atom is 0.168 e. The smallest absolute Gasteiger partial charge is 0.168 e. The Kier molecular flexibility index (Phi) is 5.32. The minimum absolute atomic E-state index is 0.653. The molecule has 1 heterocycles. The molecule has 3 nitrogen and oxygen atoms in total. The summed E-state index contributed by atoms with van der Waals surface area (Å²) < 4.78 is 0. The van der Waals surface area contributed by atoms with Crippen molar-refractivity contribution in [1.29, 1.82) is 0 Å². The Balaban J connectivity index is 2.38. The molecule has 1 N–H and O–H groups in total. The number of rotatable bonds is 3. The van der Waals surface area contributed by atoms with Gasteiger partial charge >= 0.3 is 0 Å². The molecule has 1 atom stereocenters. The molecule has 0 amide bonds. The summed E-state index contributed by atoms with van der Waals surface area (Å²) in [6.07, 6.45) is 3.67. The summed E-state index contributed by atoms with van der Waals surface area (Å²) in [6.45, 7) is 5.33. The second-order valence-corrected chi connectivity index (χ2v) is 4.82. The van der Waals surface area contributed by atoms with E-state index in [1.54, 1.807) is 0 Å². The van der Waals surface area contributed by atoms with E-state index in [-0.39, 0.29) is 0 Å². The quantitative estimate of drug-likeness (QED) is 0.735. The van der Waals surface area contributed by atoms with Crippen molar-refractivity contribution in [2.24, 2.45) is 0 Å². The molecule has 0 radical (unpaired) electrons. The lowest BCUT2D eigenvalue weighted by Gasteiger charge is -2.37. The van der Waals surface area contributed by atoms with Crippen LogP contribution in [-0.2, 0) is 0 Å². The fourth-order valence-electron chi connectivity index (χ4n) is 1.90. The first kappa shape index (κ1) is 12.7. The summed E-state index contributed by atoms with van der Waals surface area (Å²) >= 11 is 5.38. The summed E-state index contributed by atoms with van der Waals surface area (Å²) in [7, 11) is 4.30. The number of likely N-dealkylation sites (N-methyl/N-ethyl adjacent to an activating group) is 1. The standard InChI is InChI=1S/C11H23N3S/c1-4-7-12-11(15)14-8-5-6-10(9-14)13(2)3/h10H,4-9H2,1-3H3,(H,12,15). The zero-order valence-corrected chi connectivity index (χ0v) is 10.9. The first-order valence-corrected chi connectivity index (χ1v) is 6.25. The molecule has 0 aromatic rings. The van der Waals surface area contributed by atoms with E-state index in [2.05, 4.69) is 36.1 Å². The van der Waals surface area contributed by atoms with E-state index in [0.29, 0.717) is 6.04 Å². The summed E-state index contributed by atoms with van der Waals surface area (Å²) in [5.41, 5.74) is 0. The van der Waals surface area contributed by atoms with Crippen LogP contribution < -0.4 is 5.32 Å². The topological polar surface area (TPSA) is 18.5 Å². The van der Waals surface area contributed by atoms with Crippen LogP contribution in [0.1, 0.15) is 26.2 Å². The molecule has 1 saturated heterocycles. The second-order valence-electron chi connectivity index (χ2n) is 4.44. The van der Waals surface area contributed by atoms with Gasteiger partial charge in [-0.3, -0.25) is 0 Å². The Morgan fingerprint density at radius 3 is 2.87 bits per heavy atom. The summed E-state index contributed by atoms with van der Waals surface area (Å²) in [5, 5.41) is 4.23. The molecule has 0 aromatic carbocycles. The van der Waals surface area contributed by atoms with Crippen molar-refractivity contribution in [1.82, 2.24) is 15.1 Å². The van der Waals surface area contributed by atoms with Crippen molar-refractivity contribution >= 4 is 17.3 Å². The zero-order valence-electron chi connectivity index (χ0n) is 10.1. The number of likely N-dealkylation sites (tertiary alicyclic amines) is 1. The SMILES string of the molecule is CCCNC(=S)N1CCCC(N(C)C)C1. The van der Waals surface area contributed by atoms with Crippen molar-refractivity contribution in [3.8, 4) is 0 Å². The second kappa shape index (κ2) is 6.28. The maximum absolute atomic E-state index is 5.38. The third kappa shape index (κ3) is 3.95. The molecule has 1 fully saturated rings. The van der Waals surface area contributed by atoms with Crippen LogP contribution in [0.15, 0.2) is 0 Å². The van der Waals surface area contributed by atoms with E-state index in [9.17, 15) is 0 Å². The molecule has 1 aliphatic rings. The maximum atomic E-state index is 5.38. The van der Waals surface area contributed by atoms with E-state index in [0.717, 1.165) is 31.2 Å². The van der Waals surface area contributed by atoms with Gasteiger partial charge in [0.15, 0.2) is 5.11 Å². The molecule has 0 bridgehead atoms.